The number of unbranched alkanes of at least 4 members (excludes halogenated alkanes) is 2. The van der Waals surface area contributed by atoms with Gasteiger partial charge in [-0.05, 0) is 37.1 Å². The van der Waals surface area contributed by atoms with E-state index in [4.69, 9.17) is 0 Å². The minimum absolute atomic E-state index is 1.20. The molecule has 0 unspecified atom stereocenters. The van der Waals surface area contributed by atoms with E-state index in [9.17, 15) is 0 Å². The SMILES string of the molecule is CCCCNCCCC.c1ccc(-c2ccccc2)cc1. The van der Waals surface area contributed by atoms with Gasteiger partial charge in [0.2, 0.25) is 0 Å². The van der Waals surface area contributed by atoms with Crippen LogP contribution in [-0.4, -0.2) is 13.1 Å². The maximum atomic E-state index is 3.39. The van der Waals surface area contributed by atoms with Gasteiger partial charge in [-0.15, -0.1) is 0 Å². The van der Waals surface area contributed by atoms with E-state index >= 15 is 0 Å². The summed E-state index contributed by atoms with van der Waals surface area (Å²) in [5, 5.41) is 3.39. The average molecular weight is 283 g/mol. The fraction of sp³-hybridized carbons (Fsp3) is 0.400. The van der Waals surface area contributed by atoms with E-state index in [0.717, 1.165) is 0 Å². The van der Waals surface area contributed by atoms with Crippen molar-refractivity contribution in [3.8, 4) is 11.1 Å². The van der Waals surface area contributed by atoms with Crippen molar-refractivity contribution in [2.24, 2.45) is 0 Å². The number of rotatable bonds is 7. The van der Waals surface area contributed by atoms with E-state index < -0.39 is 0 Å². The molecule has 0 saturated heterocycles. The van der Waals surface area contributed by atoms with Gasteiger partial charge in [0.05, 0.1) is 0 Å². The van der Waals surface area contributed by atoms with Crippen molar-refractivity contribution in [3.05, 3.63) is 60.7 Å². The maximum absolute atomic E-state index is 3.39. The molecule has 0 saturated carbocycles. The molecule has 0 aliphatic heterocycles. The fourth-order valence-corrected chi connectivity index (χ4v) is 1.99. The molecule has 1 N–H and O–H groups in total. The second-order valence-corrected chi connectivity index (χ2v) is 5.19. The summed E-state index contributed by atoms with van der Waals surface area (Å²) in [5.41, 5.74) is 2.55. The molecule has 1 nitrogen and oxygen atoms in total. The molecule has 2 aromatic carbocycles. The monoisotopic (exact) mass is 283 g/mol. The molecule has 2 rings (SSSR count). The van der Waals surface area contributed by atoms with Crippen LogP contribution in [-0.2, 0) is 0 Å². The van der Waals surface area contributed by atoms with Crippen molar-refractivity contribution in [2.45, 2.75) is 39.5 Å². The zero-order chi connectivity index (χ0) is 15.2. The lowest BCUT2D eigenvalue weighted by atomic mass is 10.1. The molecule has 0 fully saturated rings. The van der Waals surface area contributed by atoms with E-state index in [-0.39, 0.29) is 0 Å². The minimum Gasteiger partial charge on any atom is -0.317 e. The Morgan fingerprint density at radius 1 is 0.619 bits per heavy atom. The number of hydrogen-bond acceptors (Lipinski definition) is 1. The summed E-state index contributed by atoms with van der Waals surface area (Å²) in [5.74, 6) is 0. The summed E-state index contributed by atoms with van der Waals surface area (Å²) in [6.07, 6.45) is 5.26. The first-order valence-electron chi connectivity index (χ1n) is 8.19. The zero-order valence-electron chi connectivity index (χ0n) is 13.5. The Bertz CT molecular complexity index is 392. The lowest BCUT2D eigenvalue weighted by Crippen LogP contribution is -2.15. The molecule has 0 amide bonds. The third-order valence-electron chi connectivity index (χ3n) is 3.30. The van der Waals surface area contributed by atoms with Crippen LogP contribution in [0.25, 0.3) is 11.1 Å². The van der Waals surface area contributed by atoms with Crippen LogP contribution in [0.1, 0.15) is 39.5 Å². The summed E-state index contributed by atoms with van der Waals surface area (Å²) < 4.78 is 0. The van der Waals surface area contributed by atoms with Gasteiger partial charge in [0.15, 0.2) is 0 Å². The molecule has 0 aliphatic rings. The number of hydrogen-bond donors (Lipinski definition) is 1. The maximum Gasteiger partial charge on any atom is -0.00490 e. The highest BCUT2D eigenvalue weighted by Gasteiger charge is 1.91. The molecule has 2 aromatic rings. The zero-order valence-corrected chi connectivity index (χ0v) is 13.5. The topological polar surface area (TPSA) is 12.0 Å². The van der Waals surface area contributed by atoms with Crippen molar-refractivity contribution in [1.82, 2.24) is 5.32 Å². The van der Waals surface area contributed by atoms with Crippen molar-refractivity contribution in [1.29, 1.82) is 0 Å². The van der Waals surface area contributed by atoms with Crippen molar-refractivity contribution in [2.75, 3.05) is 13.1 Å². The van der Waals surface area contributed by atoms with Gasteiger partial charge in [-0.2, -0.15) is 0 Å². The molecule has 0 radical (unpaired) electrons. The molecule has 0 spiro atoms. The minimum atomic E-state index is 1.20. The first-order chi connectivity index (χ1) is 10.4. The predicted molar refractivity (Wildman–Crippen MR) is 94.6 cm³/mol. The Morgan fingerprint density at radius 3 is 1.33 bits per heavy atom. The van der Waals surface area contributed by atoms with Crippen molar-refractivity contribution >= 4 is 0 Å². The highest BCUT2D eigenvalue weighted by atomic mass is 14.8. The number of nitrogens with one attached hydrogen (secondary N) is 1. The summed E-state index contributed by atoms with van der Waals surface area (Å²) in [4.78, 5) is 0. The van der Waals surface area contributed by atoms with Crippen LogP contribution in [0.3, 0.4) is 0 Å². The Labute approximate surface area is 130 Å². The Balaban J connectivity index is 0.000000222. The van der Waals surface area contributed by atoms with Crippen LogP contribution in [0.5, 0.6) is 0 Å². The molecule has 0 atom stereocenters. The van der Waals surface area contributed by atoms with E-state index in [1.54, 1.807) is 0 Å². The second-order valence-electron chi connectivity index (χ2n) is 5.19. The molecule has 1 heteroatoms. The predicted octanol–water partition coefficient (Wildman–Crippen LogP) is 5.53. The lowest BCUT2D eigenvalue weighted by molar-refractivity contribution is 0.611. The Kier molecular flexibility index (Phi) is 10.1. The number of benzene rings is 2. The summed E-state index contributed by atoms with van der Waals surface area (Å²) >= 11 is 0. The van der Waals surface area contributed by atoms with Gasteiger partial charge >= 0.3 is 0 Å². The molecular weight excluding hydrogens is 254 g/mol. The quantitative estimate of drug-likeness (QED) is 0.659. The third-order valence-corrected chi connectivity index (χ3v) is 3.30. The molecule has 0 bridgehead atoms. The molecular formula is C20H29N. The van der Waals surface area contributed by atoms with Gasteiger partial charge in [-0.3, -0.25) is 0 Å². The van der Waals surface area contributed by atoms with Crippen LogP contribution in [0, 0.1) is 0 Å². The van der Waals surface area contributed by atoms with Gasteiger partial charge in [0.25, 0.3) is 0 Å². The lowest BCUT2D eigenvalue weighted by Gasteiger charge is -1.99. The van der Waals surface area contributed by atoms with E-state index in [2.05, 4.69) is 67.7 Å². The van der Waals surface area contributed by atoms with Crippen LogP contribution >= 0.6 is 0 Å². The normalized spacial score (nSPS) is 9.81. The standard InChI is InChI=1S/C12H10.C8H19N/c1-3-7-11(8-4-1)12-9-5-2-6-10-12;1-3-5-7-9-8-6-4-2/h1-10H;9H,3-8H2,1-2H3. The highest BCUT2D eigenvalue weighted by Crippen LogP contribution is 2.17. The second kappa shape index (κ2) is 12.2. The van der Waals surface area contributed by atoms with E-state index in [1.165, 1.54) is 49.9 Å². The first-order valence-corrected chi connectivity index (χ1v) is 8.19. The molecule has 0 aromatic heterocycles. The van der Waals surface area contributed by atoms with Gasteiger partial charge in [0, 0.05) is 0 Å². The molecule has 114 valence electrons. The summed E-state index contributed by atoms with van der Waals surface area (Å²) in [6.45, 7) is 6.86. The fourth-order valence-electron chi connectivity index (χ4n) is 1.99. The van der Waals surface area contributed by atoms with Crippen molar-refractivity contribution < 1.29 is 0 Å². The first kappa shape index (κ1) is 17.5. The highest BCUT2D eigenvalue weighted by molar-refractivity contribution is 5.62. The van der Waals surface area contributed by atoms with Crippen LogP contribution in [0.4, 0.5) is 0 Å². The van der Waals surface area contributed by atoms with E-state index in [1.807, 2.05) is 12.1 Å². The molecule has 0 aliphatic carbocycles. The van der Waals surface area contributed by atoms with Crippen molar-refractivity contribution in [3.63, 3.8) is 0 Å². The molecule has 0 heterocycles. The Morgan fingerprint density at radius 2 is 1.00 bits per heavy atom. The Hall–Kier alpha value is -1.60. The summed E-state index contributed by atoms with van der Waals surface area (Å²) in [7, 11) is 0. The van der Waals surface area contributed by atoms with E-state index in [0.29, 0.717) is 0 Å². The van der Waals surface area contributed by atoms with Crippen LogP contribution < -0.4 is 5.32 Å². The van der Waals surface area contributed by atoms with Crippen LogP contribution in [0.2, 0.25) is 0 Å². The average Bonchev–Trinajstić information content (AvgIpc) is 2.57. The molecule has 21 heavy (non-hydrogen) atoms. The van der Waals surface area contributed by atoms with Crippen LogP contribution in [0.15, 0.2) is 60.7 Å². The van der Waals surface area contributed by atoms with Gasteiger partial charge in [0.1, 0.15) is 0 Å². The van der Waals surface area contributed by atoms with Gasteiger partial charge in [-0.1, -0.05) is 87.4 Å². The van der Waals surface area contributed by atoms with Gasteiger partial charge < -0.3 is 5.32 Å². The largest absolute Gasteiger partial charge is 0.317 e. The smallest absolute Gasteiger partial charge is 0.00490 e. The summed E-state index contributed by atoms with van der Waals surface area (Å²) in [6, 6.07) is 20.8. The van der Waals surface area contributed by atoms with Gasteiger partial charge in [-0.25, -0.2) is 0 Å². The third kappa shape index (κ3) is 8.31.